The number of amides is 4. The maximum atomic E-state index is 13.9. The molecule has 3 fully saturated rings. The van der Waals surface area contributed by atoms with Crippen LogP contribution in [-0.4, -0.2) is 77.7 Å². The van der Waals surface area contributed by atoms with Gasteiger partial charge in [0.2, 0.25) is 27.7 Å². The Morgan fingerprint density at radius 3 is 2.59 bits per heavy atom. The lowest BCUT2D eigenvalue weighted by molar-refractivity contribution is -0.139. The Morgan fingerprint density at radius 2 is 1.90 bits per heavy atom. The van der Waals surface area contributed by atoms with E-state index in [4.69, 9.17) is 19.6 Å². The molecule has 2 saturated carbocycles. The topological polar surface area (TPSA) is 200 Å². The maximum absolute atomic E-state index is 13.9. The Hall–Kier alpha value is -4.14. The number of alkyl carbamates (subject to hydrolysis) is 1. The second-order valence-corrected chi connectivity index (χ2v) is 16.3. The zero-order valence-electron chi connectivity index (χ0n) is 28.5. The number of hydrogen-bond donors (Lipinski definition) is 3. The number of aromatic nitrogens is 1. The molecular weight excluding hydrogens is 654 g/mol. The number of sulfonamides is 1. The zero-order chi connectivity index (χ0) is 35.5. The van der Waals surface area contributed by atoms with Gasteiger partial charge in [-0.1, -0.05) is 31.1 Å². The predicted octanol–water partition coefficient (Wildman–Crippen LogP) is 3.61. The molecule has 2 aliphatic carbocycles. The molecule has 49 heavy (non-hydrogen) atoms. The van der Waals surface area contributed by atoms with Crippen molar-refractivity contribution in [3.05, 3.63) is 35.9 Å². The molecule has 14 nitrogen and oxygen atoms in total. The molecule has 1 aromatic carbocycles. The van der Waals surface area contributed by atoms with Crippen molar-refractivity contribution in [2.45, 2.75) is 115 Å². The molecule has 0 spiro atoms. The van der Waals surface area contributed by atoms with Crippen molar-refractivity contribution in [2.75, 3.05) is 6.54 Å². The van der Waals surface area contributed by atoms with Crippen molar-refractivity contribution in [1.29, 1.82) is 0 Å². The van der Waals surface area contributed by atoms with Gasteiger partial charge in [-0.25, -0.2) is 13.2 Å². The minimum absolute atomic E-state index is 0.0302. The maximum Gasteiger partial charge on any atom is 0.408 e. The summed E-state index contributed by atoms with van der Waals surface area (Å²) >= 11 is 0. The number of aryl methyl sites for hydroxylation is 1. The predicted molar refractivity (Wildman–Crippen MR) is 180 cm³/mol. The van der Waals surface area contributed by atoms with Gasteiger partial charge in [0.1, 0.15) is 29.3 Å². The van der Waals surface area contributed by atoms with Crippen molar-refractivity contribution in [3.8, 4) is 6.08 Å². The molecule has 4 amide bonds. The average Bonchev–Trinajstić information content (AvgIpc) is 3.92. The van der Waals surface area contributed by atoms with Crippen molar-refractivity contribution in [3.63, 3.8) is 0 Å². The van der Waals surface area contributed by atoms with Crippen LogP contribution in [0.25, 0.3) is 11.1 Å². The summed E-state index contributed by atoms with van der Waals surface area (Å²) in [5, 5.41) is 2.26. The van der Waals surface area contributed by atoms with Crippen LogP contribution < -0.4 is 20.5 Å². The van der Waals surface area contributed by atoms with Crippen LogP contribution in [0.15, 0.2) is 34.8 Å². The van der Waals surface area contributed by atoms with E-state index in [0.29, 0.717) is 43.2 Å². The number of carbonyl (C=O) groups excluding carboxylic acids is 4. The first-order valence-electron chi connectivity index (χ1n) is 16.9. The highest BCUT2D eigenvalue weighted by Crippen LogP contribution is 2.40. The standard InChI is InChI=1S/C34H47N5O9S/c1-20-12-15-28-26(16-20)37-33(47-28)46-22-18-27(29(35)40)39(19-22)31(42)25(36-32(43)48-34(2,3)4)11-9-7-5-6-8-10-21-17-24(21)30(41)38-49(44,45)23-13-14-23/h8,10,12,15-16,21-25,27H,5-7,9,11,13-14,17-19H2,1-4H3,(H2,35,40)(H,36,43)(H,38,41)/b10-8-/t21-,22-,24+,25+,27+/m1/s1. The minimum Gasteiger partial charge on any atom is -0.445 e. The SMILES string of the molecule is Cc1ccc2oc(O[C@@H]3C[C@@H](C(N)=O)N(C(=O)[C@H](CCCCC/C=C\[C@@H]4C[C@@H]4C(=O)NS(=O)(=O)C4CC4)NC(=O)OC(C)(C)C)C3)nc2c1. The largest absolute Gasteiger partial charge is 0.445 e. The number of oxazole rings is 1. The van der Waals surface area contributed by atoms with Crippen LogP contribution in [0.5, 0.6) is 6.08 Å². The van der Waals surface area contributed by atoms with Crippen LogP contribution in [0.1, 0.15) is 84.1 Å². The molecule has 5 atom stereocenters. The van der Waals surface area contributed by atoms with E-state index in [9.17, 15) is 27.6 Å². The molecule has 1 aliphatic heterocycles. The summed E-state index contributed by atoms with van der Waals surface area (Å²) in [6, 6.07) is 3.64. The Balaban J connectivity index is 1.13. The van der Waals surface area contributed by atoms with Crippen LogP contribution in [0.3, 0.4) is 0 Å². The number of ether oxygens (including phenoxy) is 2. The number of benzene rings is 1. The number of allylic oxidation sites excluding steroid dienone is 2. The Bertz CT molecular complexity index is 1690. The van der Waals surface area contributed by atoms with E-state index in [0.717, 1.165) is 24.8 Å². The van der Waals surface area contributed by atoms with Gasteiger partial charge in [-0.3, -0.25) is 19.1 Å². The minimum atomic E-state index is -3.54. The number of nitrogens with zero attached hydrogens (tertiary/aromatic N) is 2. The van der Waals surface area contributed by atoms with Gasteiger partial charge in [0.15, 0.2) is 5.58 Å². The smallest absolute Gasteiger partial charge is 0.408 e. The van der Waals surface area contributed by atoms with Gasteiger partial charge < -0.3 is 29.8 Å². The molecule has 0 bridgehead atoms. The molecule has 2 heterocycles. The molecule has 268 valence electrons. The highest BCUT2D eigenvalue weighted by Gasteiger charge is 2.45. The lowest BCUT2D eigenvalue weighted by atomic mass is 10.0. The van der Waals surface area contributed by atoms with Gasteiger partial charge in [-0.2, -0.15) is 4.98 Å². The number of unbranched alkanes of at least 4 members (excludes halogenated alkanes) is 3. The van der Waals surface area contributed by atoms with E-state index in [1.54, 1.807) is 26.8 Å². The van der Waals surface area contributed by atoms with Crippen LogP contribution in [-0.2, 0) is 29.1 Å². The number of carbonyl (C=O) groups is 4. The fourth-order valence-electron chi connectivity index (χ4n) is 5.98. The summed E-state index contributed by atoms with van der Waals surface area (Å²) in [5.41, 5.74) is 7.12. The lowest BCUT2D eigenvalue weighted by Crippen LogP contribution is -2.53. The fraction of sp³-hybridized carbons (Fsp3) is 0.618. The summed E-state index contributed by atoms with van der Waals surface area (Å²) in [6.45, 7) is 7.16. The molecule has 0 unspecified atom stereocenters. The number of fused-ring (bicyclic) bond motifs is 1. The van der Waals surface area contributed by atoms with E-state index in [1.807, 2.05) is 31.2 Å². The monoisotopic (exact) mass is 701 g/mol. The van der Waals surface area contributed by atoms with Gasteiger partial charge in [-0.05, 0) is 89.8 Å². The van der Waals surface area contributed by atoms with Crippen LogP contribution in [0, 0.1) is 18.8 Å². The summed E-state index contributed by atoms with van der Waals surface area (Å²) in [4.78, 5) is 57.1. The second kappa shape index (κ2) is 14.8. The van der Waals surface area contributed by atoms with Crippen molar-refractivity contribution >= 4 is 44.9 Å². The van der Waals surface area contributed by atoms with E-state index in [2.05, 4.69) is 15.0 Å². The number of nitrogens with two attached hydrogens (primary N) is 1. The number of nitrogens with one attached hydrogen (secondary N) is 2. The van der Waals surface area contributed by atoms with E-state index < -0.39 is 62.9 Å². The fourth-order valence-corrected chi connectivity index (χ4v) is 7.33. The third-order valence-corrected chi connectivity index (χ3v) is 10.6. The summed E-state index contributed by atoms with van der Waals surface area (Å²) in [7, 11) is -3.54. The normalized spacial score (nSPS) is 23.0. The Kier molecular flexibility index (Phi) is 10.9. The van der Waals surface area contributed by atoms with E-state index in [-0.39, 0.29) is 30.9 Å². The van der Waals surface area contributed by atoms with Gasteiger partial charge in [0.05, 0.1) is 11.8 Å². The van der Waals surface area contributed by atoms with E-state index in [1.165, 1.54) is 4.90 Å². The number of rotatable bonds is 15. The van der Waals surface area contributed by atoms with Gasteiger partial charge in [0, 0.05) is 12.3 Å². The third kappa shape index (κ3) is 9.96. The summed E-state index contributed by atoms with van der Waals surface area (Å²) < 4.78 is 43.3. The van der Waals surface area contributed by atoms with Gasteiger partial charge in [-0.15, -0.1) is 0 Å². The van der Waals surface area contributed by atoms with Gasteiger partial charge in [0.25, 0.3) is 0 Å². The Labute approximate surface area is 286 Å². The highest BCUT2D eigenvalue weighted by atomic mass is 32.2. The molecule has 4 N–H and O–H groups in total. The van der Waals surface area contributed by atoms with Crippen LogP contribution in [0.4, 0.5) is 4.79 Å². The van der Waals surface area contributed by atoms with E-state index >= 15 is 0 Å². The van der Waals surface area contributed by atoms with Crippen molar-refractivity contribution in [2.24, 2.45) is 17.6 Å². The quantitative estimate of drug-likeness (QED) is 0.182. The van der Waals surface area contributed by atoms with Crippen molar-refractivity contribution in [1.82, 2.24) is 19.9 Å². The first-order chi connectivity index (χ1) is 23.1. The van der Waals surface area contributed by atoms with Gasteiger partial charge >= 0.3 is 12.2 Å². The zero-order valence-corrected chi connectivity index (χ0v) is 29.3. The van der Waals surface area contributed by atoms with Crippen LogP contribution >= 0.6 is 0 Å². The Morgan fingerprint density at radius 1 is 1.14 bits per heavy atom. The molecule has 3 aliphatic rings. The molecule has 2 aromatic rings. The molecule has 15 heteroatoms. The van der Waals surface area contributed by atoms with Crippen LogP contribution in [0.2, 0.25) is 0 Å². The number of likely N-dealkylation sites (tertiary alicyclic amines) is 1. The first-order valence-corrected chi connectivity index (χ1v) is 18.5. The molecular formula is C34H47N5O9S. The molecule has 1 aromatic heterocycles. The molecule has 1 saturated heterocycles. The molecule has 5 rings (SSSR count). The first kappa shape index (κ1) is 36.1. The lowest BCUT2D eigenvalue weighted by Gasteiger charge is -2.28. The number of primary amides is 1. The second-order valence-electron chi connectivity index (χ2n) is 14.3. The summed E-state index contributed by atoms with van der Waals surface area (Å²) in [5.74, 6) is -1.85. The molecule has 0 radical (unpaired) electrons. The number of hydrogen-bond acceptors (Lipinski definition) is 10. The van der Waals surface area contributed by atoms with Crippen molar-refractivity contribution < 1.29 is 41.5 Å². The third-order valence-electron chi connectivity index (χ3n) is 8.78. The average molecular weight is 702 g/mol. The highest BCUT2D eigenvalue weighted by molar-refractivity contribution is 7.90. The summed E-state index contributed by atoms with van der Waals surface area (Å²) in [6.07, 6.45) is 7.82.